The number of primary amides is 1. The van der Waals surface area contributed by atoms with Crippen LogP contribution in [0.15, 0.2) is 48.5 Å². The minimum atomic E-state index is -1.27. The first-order valence-corrected chi connectivity index (χ1v) is 18.7. The van der Waals surface area contributed by atoms with Crippen LogP contribution in [-0.2, 0) is 40.0 Å². The SMILES string of the molecule is CCCC(NC(=O)[C@@H]1C[C@@H](O)CC1C(=O)[C@@H](NC(=O)Cc1ccccc1)C1CCCCC1)C(=O)C(=O)NCC(=O)NC(C(N)=O)c1cc(C)cc(OC)c1. The number of carbonyl (C=O) groups excluding carboxylic acids is 7. The average Bonchev–Trinajstić information content (AvgIpc) is 3.56. The number of nitrogens with one attached hydrogen (secondary N) is 4. The number of hydrogen-bond donors (Lipinski definition) is 6. The molecule has 54 heavy (non-hydrogen) atoms. The number of hydrogen-bond acceptors (Lipinski definition) is 9. The van der Waals surface area contributed by atoms with Gasteiger partial charge in [-0.05, 0) is 73.8 Å². The van der Waals surface area contributed by atoms with E-state index in [0.717, 1.165) is 43.2 Å². The summed E-state index contributed by atoms with van der Waals surface area (Å²) in [6, 6.07) is 10.8. The Kier molecular flexibility index (Phi) is 15.3. The Morgan fingerprint density at radius 2 is 1.57 bits per heavy atom. The topological polar surface area (TPSA) is 223 Å². The molecule has 2 aliphatic carbocycles. The highest BCUT2D eigenvalue weighted by Gasteiger charge is 2.46. The van der Waals surface area contributed by atoms with Gasteiger partial charge in [-0.15, -0.1) is 0 Å². The standard InChI is InChI=1S/C40H53N5O9/c1-4-11-31(37(50)40(53)42-22-33(48)45-35(38(41)51)26-16-23(2)17-28(19-26)54-3)43-39(52)30-21-27(46)20-29(30)36(49)34(25-14-9-6-10-15-25)44-32(47)18-24-12-7-5-8-13-24/h5,7-8,12-13,16-17,19,25,27,29-31,34-35,46H,4,6,9-11,14-15,18,20-22H2,1-3H3,(H2,41,51)(H,42,53)(H,43,52)(H,44,47)(H,45,48)/t27-,29?,30+,31?,34-,35?/m0/s1. The lowest BCUT2D eigenvalue weighted by atomic mass is 9.77. The predicted octanol–water partition coefficient (Wildman–Crippen LogP) is 1.88. The van der Waals surface area contributed by atoms with Crippen molar-refractivity contribution >= 4 is 41.1 Å². The lowest BCUT2D eigenvalue weighted by molar-refractivity contribution is -0.142. The lowest BCUT2D eigenvalue weighted by Crippen LogP contribution is -2.53. The first kappa shape index (κ1) is 41.6. The Morgan fingerprint density at radius 1 is 0.889 bits per heavy atom. The van der Waals surface area contributed by atoms with Crippen molar-refractivity contribution in [3.63, 3.8) is 0 Å². The van der Waals surface area contributed by atoms with Crippen LogP contribution >= 0.6 is 0 Å². The number of methoxy groups -OCH3 is 1. The molecule has 292 valence electrons. The van der Waals surface area contributed by atoms with Gasteiger partial charge in [0.15, 0.2) is 5.78 Å². The highest BCUT2D eigenvalue weighted by atomic mass is 16.5. The molecule has 2 saturated carbocycles. The number of amides is 5. The van der Waals surface area contributed by atoms with E-state index in [1.807, 2.05) is 30.3 Å². The molecule has 3 unspecified atom stereocenters. The summed E-state index contributed by atoms with van der Waals surface area (Å²) in [5.41, 5.74) is 7.47. The first-order chi connectivity index (χ1) is 25.8. The van der Waals surface area contributed by atoms with Gasteiger partial charge in [0, 0.05) is 5.92 Å². The van der Waals surface area contributed by atoms with E-state index >= 15 is 0 Å². The summed E-state index contributed by atoms with van der Waals surface area (Å²) in [6.07, 6.45) is 4.01. The number of ether oxygens (including phenoxy) is 1. The monoisotopic (exact) mass is 747 g/mol. The van der Waals surface area contributed by atoms with E-state index in [0.29, 0.717) is 17.7 Å². The Hall–Kier alpha value is -5.11. The Morgan fingerprint density at radius 3 is 2.22 bits per heavy atom. The predicted molar refractivity (Wildman–Crippen MR) is 199 cm³/mol. The summed E-state index contributed by atoms with van der Waals surface area (Å²) in [4.78, 5) is 92.5. The van der Waals surface area contributed by atoms with Crippen LogP contribution in [-0.4, -0.2) is 78.1 Å². The van der Waals surface area contributed by atoms with Gasteiger partial charge in [-0.3, -0.25) is 33.6 Å². The van der Waals surface area contributed by atoms with Crippen LogP contribution in [0.5, 0.6) is 5.75 Å². The molecular formula is C40H53N5O9. The van der Waals surface area contributed by atoms with Gasteiger partial charge < -0.3 is 36.8 Å². The second-order valence-corrected chi connectivity index (χ2v) is 14.4. The molecule has 0 spiro atoms. The summed E-state index contributed by atoms with van der Waals surface area (Å²) in [6.45, 7) is 2.88. The molecule has 14 nitrogen and oxygen atoms in total. The molecule has 2 fully saturated rings. The lowest BCUT2D eigenvalue weighted by Gasteiger charge is -2.33. The number of rotatable bonds is 18. The van der Waals surface area contributed by atoms with Crippen molar-refractivity contribution in [1.82, 2.24) is 21.3 Å². The Bertz CT molecular complexity index is 1680. The van der Waals surface area contributed by atoms with Gasteiger partial charge in [0.2, 0.25) is 29.4 Å². The zero-order chi connectivity index (χ0) is 39.4. The molecule has 5 amide bonds. The van der Waals surface area contributed by atoms with E-state index in [-0.39, 0.29) is 43.3 Å². The normalized spacial score (nSPS) is 20.1. The van der Waals surface area contributed by atoms with Crippen LogP contribution in [0.1, 0.15) is 87.4 Å². The number of Topliss-reactive ketones (excluding diaryl/α,β-unsaturated/α-hetero) is 2. The molecule has 0 heterocycles. The zero-order valence-corrected chi connectivity index (χ0v) is 31.2. The molecule has 0 bridgehead atoms. The average molecular weight is 748 g/mol. The van der Waals surface area contributed by atoms with Crippen LogP contribution in [0.3, 0.4) is 0 Å². The quantitative estimate of drug-likeness (QED) is 0.122. The minimum Gasteiger partial charge on any atom is -0.497 e. The van der Waals surface area contributed by atoms with Crippen LogP contribution in [0.25, 0.3) is 0 Å². The molecule has 0 saturated heterocycles. The van der Waals surface area contributed by atoms with Gasteiger partial charge in [-0.25, -0.2) is 0 Å². The van der Waals surface area contributed by atoms with E-state index in [9.17, 15) is 38.7 Å². The van der Waals surface area contributed by atoms with Gasteiger partial charge in [0.1, 0.15) is 11.8 Å². The second kappa shape index (κ2) is 19.8. The number of ketones is 2. The van der Waals surface area contributed by atoms with Gasteiger partial charge in [0.05, 0.1) is 44.2 Å². The summed E-state index contributed by atoms with van der Waals surface area (Å²) >= 11 is 0. The third-order valence-corrected chi connectivity index (χ3v) is 10.3. The van der Waals surface area contributed by atoms with Crippen molar-refractivity contribution in [2.75, 3.05) is 13.7 Å². The summed E-state index contributed by atoms with van der Waals surface area (Å²) in [5.74, 6) is -6.61. The molecule has 2 aromatic carbocycles. The van der Waals surface area contributed by atoms with Crippen molar-refractivity contribution in [2.24, 2.45) is 23.5 Å². The molecule has 7 N–H and O–H groups in total. The van der Waals surface area contributed by atoms with Gasteiger partial charge >= 0.3 is 0 Å². The number of aliphatic hydroxyl groups excluding tert-OH is 1. The van der Waals surface area contributed by atoms with E-state index in [1.165, 1.54) is 7.11 Å². The maximum absolute atomic E-state index is 14.2. The molecule has 0 radical (unpaired) electrons. The molecule has 0 aliphatic heterocycles. The van der Waals surface area contributed by atoms with Crippen molar-refractivity contribution in [1.29, 1.82) is 0 Å². The van der Waals surface area contributed by atoms with Gasteiger partial charge in [-0.2, -0.15) is 0 Å². The van der Waals surface area contributed by atoms with E-state index < -0.39 is 72.0 Å². The fraction of sp³-hybridized carbons (Fsp3) is 0.525. The highest BCUT2D eigenvalue weighted by molar-refractivity contribution is 6.38. The molecule has 2 aliphatic rings. The highest BCUT2D eigenvalue weighted by Crippen LogP contribution is 2.37. The zero-order valence-electron chi connectivity index (χ0n) is 31.2. The summed E-state index contributed by atoms with van der Waals surface area (Å²) < 4.78 is 5.23. The number of carbonyl (C=O) groups is 7. The number of benzene rings is 2. The number of nitrogens with two attached hydrogens (primary N) is 1. The van der Waals surface area contributed by atoms with Crippen LogP contribution in [0.2, 0.25) is 0 Å². The third kappa shape index (κ3) is 11.4. The molecule has 6 atom stereocenters. The fourth-order valence-electron chi connectivity index (χ4n) is 7.57. The minimum absolute atomic E-state index is 0.0230. The summed E-state index contributed by atoms with van der Waals surface area (Å²) in [7, 11) is 1.45. The van der Waals surface area contributed by atoms with E-state index in [4.69, 9.17) is 10.5 Å². The van der Waals surface area contributed by atoms with Crippen LogP contribution in [0.4, 0.5) is 0 Å². The fourth-order valence-corrected chi connectivity index (χ4v) is 7.57. The van der Waals surface area contributed by atoms with Crippen molar-refractivity contribution in [3.8, 4) is 5.75 Å². The van der Waals surface area contributed by atoms with Crippen LogP contribution < -0.4 is 31.7 Å². The molecule has 2 aromatic rings. The number of aliphatic hydroxyl groups is 1. The van der Waals surface area contributed by atoms with Gasteiger partial charge in [-0.1, -0.05) is 69.0 Å². The Balaban J connectivity index is 1.40. The molecule has 0 aromatic heterocycles. The van der Waals surface area contributed by atoms with Crippen LogP contribution in [0, 0.1) is 24.7 Å². The smallest absolute Gasteiger partial charge is 0.290 e. The maximum Gasteiger partial charge on any atom is 0.290 e. The third-order valence-electron chi connectivity index (χ3n) is 10.3. The van der Waals surface area contributed by atoms with Crippen molar-refractivity contribution in [2.45, 2.75) is 102 Å². The van der Waals surface area contributed by atoms with Crippen molar-refractivity contribution < 1.29 is 43.4 Å². The van der Waals surface area contributed by atoms with E-state index in [2.05, 4.69) is 21.3 Å². The molecular weight excluding hydrogens is 694 g/mol. The molecule has 14 heteroatoms. The first-order valence-electron chi connectivity index (χ1n) is 18.7. The largest absolute Gasteiger partial charge is 0.497 e. The Labute approximate surface area is 315 Å². The van der Waals surface area contributed by atoms with Crippen molar-refractivity contribution in [3.05, 3.63) is 65.2 Å². The van der Waals surface area contributed by atoms with Gasteiger partial charge in [0.25, 0.3) is 5.91 Å². The maximum atomic E-state index is 14.2. The van der Waals surface area contributed by atoms with E-state index in [1.54, 1.807) is 32.0 Å². The number of aryl methyl sites for hydroxylation is 1. The second-order valence-electron chi connectivity index (χ2n) is 14.4. The molecule has 4 rings (SSSR count). The summed E-state index contributed by atoms with van der Waals surface area (Å²) in [5, 5.41) is 21.0.